The summed E-state index contributed by atoms with van der Waals surface area (Å²) in [5.41, 5.74) is 1.39. The molecule has 0 heterocycles. The topological polar surface area (TPSA) is 107 Å². The highest BCUT2D eigenvalue weighted by Gasteiger charge is 2.12. The number of ether oxygens (including phenoxy) is 4. The molecule has 0 bridgehead atoms. The number of nitriles is 1. The quantitative estimate of drug-likeness (QED) is 0.355. The molecule has 0 aliphatic heterocycles. The van der Waals surface area contributed by atoms with Crippen LogP contribution in [0.1, 0.15) is 18.1 Å². The number of carbonyl (C=O) groups excluding carboxylic acids is 2. The van der Waals surface area contributed by atoms with Crippen molar-refractivity contribution in [2.24, 2.45) is 0 Å². The van der Waals surface area contributed by atoms with E-state index < -0.39 is 11.9 Å². The van der Waals surface area contributed by atoms with E-state index >= 15 is 0 Å². The molecular weight excluding hydrogens is 400 g/mol. The molecule has 2 rings (SSSR count). The maximum Gasteiger partial charge on any atom is 0.343 e. The molecule has 0 aliphatic carbocycles. The highest BCUT2D eigenvalue weighted by Crippen LogP contribution is 2.29. The molecule has 8 heteroatoms. The van der Waals surface area contributed by atoms with Gasteiger partial charge in [-0.3, -0.25) is 4.79 Å². The highest BCUT2D eigenvalue weighted by atomic mass is 16.6. The first-order valence-corrected chi connectivity index (χ1v) is 9.50. The van der Waals surface area contributed by atoms with Crippen molar-refractivity contribution in [3.63, 3.8) is 0 Å². The van der Waals surface area contributed by atoms with Crippen LogP contribution in [0.15, 0.2) is 48.0 Å². The van der Waals surface area contributed by atoms with Crippen LogP contribution in [0, 0.1) is 11.3 Å². The number of benzene rings is 2. The van der Waals surface area contributed by atoms with Gasteiger partial charge in [0.2, 0.25) is 0 Å². The molecule has 0 fully saturated rings. The first kappa shape index (κ1) is 23.3. The van der Waals surface area contributed by atoms with E-state index in [1.165, 1.54) is 13.2 Å². The minimum absolute atomic E-state index is 0.0563. The Morgan fingerprint density at radius 1 is 1.06 bits per heavy atom. The smallest absolute Gasteiger partial charge is 0.343 e. The third kappa shape index (κ3) is 7.08. The molecule has 1 N–H and O–H groups in total. The van der Waals surface area contributed by atoms with Crippen molar-refractivity contribution >= 4 is 18.0 Å². The third-order valence-electron chi connectivity index (χ3n) is 4.13. The standard InChI is InChI=1S/C23H24N2O6/c1-4-30-21-12-17(7-10-20(21)31-15-22(26)29-3)11-18(13-24)23(27)25-14-16-5-8-19(28-2)9-6-16/h5-12H,4,14-15H2,1-3H3,(H,25,27)/b18-11-. The Morgan fingerprint density at radius 2 is 1.81 bits per heavy atom. The maximum absolute atomic E-state index is 12.4. The van der Waals surface area contributed by atoms with Gasteiger partial charge in [-0.1, -0.05) is 18.2 Å². The fourth-order valence-electron chi connectivity index (χ4n) is 2.53. The van der Waals surface area contributed by atoms with Gasteiger partial charge < -0.3 is 24.3 Å². The summed E-state index contributed by atoms with van der Waals surface area (Å²) in [5, 5.41) is 12.1. The lowest BCUT2D eigenvalue weighted by atomic mass is 10.1. The molecule has 31 heavy (non-hydrogen) atoms. The van der Waals surface area contributed by atoms with Gasteiger partial charge in [0, 0.05) is 6.54 Å². The van der Waals surface area contributed by atoms with Gasteiger partial charge in [-0.2, -0.15) is 5.26 Å². The zero-order chi connectivity index (χ0) is 22.6. The lowest BCUT2D eigenvalue weighted by Gasteiger charge is -2.12. The molecule has 0 aromatic heterocycles. The molecule has 2 aromatic carbocycles. The second-order valence-electron chi connectivity index (χ2n) is 6.20. The summed E-state index contributed by atoms with van der Waals surface area (Å²) >= 11 is 0. The van der Waals surface area contributed by atoms with Gasteiger partial charge >= 0.3 is 5.97 Å². The minimum atomic E-state index is -0.522. The summed E-state index contributed by atoms with van der Waals surface area (Å²) in [6.07, 6.45) is 1.45. The van der Waals surface area contributed by atoms with Gasteiger partial charge in [0.25, 0.3) is 5.91 Å². The number of rotatable bonds is 10. The summed E-state index contributed by atoms with van der Waals surface area (Å²) in [7, 11) is 2.85. The molecule has 0 unspecified atom stereocenters. The van der Waals surface area contributed by atoms with Crippen molar-refractivity contribution in [3.8, 4) is 23.3 Å². The van der Waals surface area contributed by atoms with Crippen molar-refractivity contribution in [1.29, 1.82) is 5.26 Å². The molecule has 8 nitrogen and oxygen atoms in total. The van der Waals surface area contributed by atoms with E-state index in [0.29, 0.717) is 23.7 Å². The molecule has 0 atom stereocenters. The van der Waals surface area contributed by atoms with Crippen LogP contribution in [0.5, 0.6) is 17.2 Å². The van der Waals surface area contributed by atoms with E-state index in [-0.39, 0.29) is 18.7 Å². The zero-order valence-corrected chi connectivity index (χ0v) is 17.6. The summed E-state index contributed by atoms with van der Waals surface area (Å²) < 4.78 is 20.6. The van der Waals surface area contributed by atoms with Gasteiger partial charge in [0.05, 0.1) is 20.8 Å². The summed E-state index contributed by atoms with van der Waals surface area (Å²) in [6.45, 7) is 2.18. The highest BCUT2D eigenvalue weighted by molar-refractivity contribution is 6.01. The van der Waals surface area contributed by atoms with Crippen molar-refractivity contribution in [3.05, 3.63) is 59.2 Å². The number of amides is 1. The first-order chi connectivity index (χ1) is 15.0. The predicted molar refractivity (Wildman–Crippen MR) is 114 cm³/mol. The number of carbonyl (C=O) groups is 2. The Labute approximate surface area is 181 Å². The number of hydrogen-bond donors (Lipinski definition) is 1. The van der Waals surface area contributed by atoms with Crippen LogP contribution in [-0.4, -0.2) is 39.3 Å². The Hall–Kier alpha value is -3.99. The predicted octanol–water partition coefficient (Wildman–Crippen LogP) is 2.87. The fraction of sp³-hybridized carbons (Fsp3) is 0.261. The van der Waals surface area contributed by atoms with Crippen LogP contribution in [0.3, 0.4) is 0 Å². The lowest BCUT2D eigenvalue weighted by Crippen LogP contribution is -2.23. The molecule has 162 valence electrons. The van der Waals surface area contributed by atoms with Gasteiger partial charge in [0.1, 0.15) is 17.4 Å². The van der Waals surface area contributed by atoms with Crippen LogP contribution < -0.4 is 19.5 Å². The number of nitrogens with one attached hydrogen (secondary N) is 1. The average molecular weight is 424 g/mol. The monoisotopic (exact) mass is 424 g/mol. The van der Waals surface area contributed by atoms with Crippen molar-refractivity contribution in [2.75, 3.05) is 27.4 Å². The van der Waals surface area contributed by atoms with E-state index in [2.05, 4.69) is 10.1 Å². The van der Waals surface area contributed by atoms with Gasteiger partial charge in [-0.15, -0.1) is 0 Å². The molecule has 0 radical (unpaired) electrons. The Morgan fingerprint density at radius 3 is 2.42 bits per heavy atom. The van der Waals surface area contributed by atoms with E-state index in [1.54, 1.807) is 44.4 Å². The van der Waals surface area contributed by atoms with E-state index in [4.69, 9.17) is 14.2 Å². The molecular formula is C23H24N2O6. The summed E-state index contributed by atoms with van der Waals surface area (Å²) in [6, 6.07) is 14.0. The molecule has 0 spiro atoms. The number of esters is 1. The molecule has 0 saturated heterocycles. The van der Waals surface area contributed by atoms with Crippen LogP contribution in [0.2, 0.25) is 0 Å². The maximum atomic E-state index is 12.4. The molecule has 0 aliphatic rings. The Kier molecular flexibility index (Phi) is 8.92. The van der Waals surface area contributed by atoms with Gasteiger partial charge in [-0.05, 0) is 48.4 Å². The normalized spacial score (nSPS) is 10.6. The lowest BCUT2D eigenvalue weighted by molar-refractivity contribution is -0.142. The summed E-state index contributed by atoms with van der Waals surface area (Å²) in [4.78, 5) is 23.7. The van der Waals surface area contributed by atoms with Crippen LogP contribution in [0.4, 0.5) is 0 Å². The van der Waals surface area contributed by atoms with Crippen LogP contribution >= 0.6 is 0 Å². The fourth-order valence-corrected chi connectivity index (χ4v) is 2.53. The Bertz CT molecular complexity index is 977. The Balaban J connectivity index is 2.12. The van der Waals surface area contributed by atoms with E-state index in [0.717, 1.165) is 11.3 Å². The van der Waals surface area contributed by atoms with Crippen molar-refractivity contribution in [2.45, 2.75) is 13.5 Å². The number of nitrogens with zero attached hydrogens (tertiary/aromatic N) is 1. The van der Waals surface area contributed by atoms with Gasteiger partial charge in [0.15, 0.2) is 18.1 Å². The van der Waals surface area contributed by atoms with Crippen molar-refractivity contribution < 1.29 is 28.5 Å². The molecule has 0 saturated carbocycles. The second kappa shape index (κ2) is 11.9. The largest absolute Gasteiger partial charge is 0.497 e. The summed E-state index contributed by atoms with van der Waals surface area (Å²) in [5.74, 6) is 0.439. The SMILES string of the molecule is CCOc1cc(/C=C(/C#N)C(=O)NCc2ccc(OC)cc2)ccc1OCC(=O)OC. The van der Waals surface area contributed by atoms with E-state index in [9.17, 15) is 14.9 Å². The number of hydrogen-bond acceptors (Lipinski definition) is 7. The molecule has 1 amide bonds. The minimum Gasteiger partial charge on any atom is -0.497 e. The first-order valence-electron chi connectivity index (χ1n) is 9.50. The third-order valence-corrected chi connectivity index (χ3v) is 4.13. The average Bonchev–Trinajstić information content (AvgIpc) is 2.80. The van der Waals surface area contributed by atoms with Gasteiger partial charge in [-0.25, -0.2) is 4.79 Å². The number of methoxy groups -OCH3 is 2. The van der Waals surface area contributed by atoms with Crippen LogP contribution in [-0.2, 0) is 20.9 Å². The van der Waals surface area contributed by atoms with Crippen LogP contribution in [0.25, 0.3) is 6.08 Å². The zero-order valence-electron chi connectivity index (χ0n) is 17.6. The molecule has 2 aromatic rings. The second-order valence-corrected chi connectivity index (χ2v) is 6.20. The van der Waals surface area contributed by atoms with Crippen molar-refractivity contribution in [1.82, 2.24) is 5.32 Å². The van der Waals surface area contributed by atoms with E-state index in [1.807, 2.05) is 18.2 Å².